The van der Waals surface area contributed by atoms with Crippen LogP contribution in [-0.4, -0.2) is 80.9 Å². The molecule has 4 unspecified atom stereocenters. The van der Waals surface area contributed by atoms with E-state index >= 15 is 0 Å². The number of aliphatic hydroxyl groups excluding tert-OH is 3. The Balaban J connectivity index is 1.80. The van der Waals surface area contributed by atoms with Gasteiger partial charge in [0.25, 0.3) is 0 Å². The molecule has 0 aromatic heterocycles. The summed E-state index contributed by atoms with van der Waals surface area (Å²) in [4.78, 5) is 47.1. The van der Waals surface area contributed by atoms with Crippen LogP contribution in [0.5, 0.6) is 0 Å². The zero-order valence-electron chi connectivity index (χ0n) is 21.1. The lowest BCUT2D eigenvalue weighted by molar-refractivity contribution is -0.189. The van der Waals surface area contributed by atoms with Gasteiger partial charge >= 0.3 is 23.9 Å². The fraction of sp³-hybridized carbons (Fsp3) is 0.692. The van der Waals surface area contributed by atoms with Crippen LogP contribution in [0.25, 0.3) is 0 Å². The summed E-state index contributed by atoms with van der Waals surface area (Å²) in [6, 6.07) is 0. The second-order valence-corrected chi connectivity index (χ2v) is 10.9. The Labute approximate surface area is 214 Å². The van der Waals surface area contributed by atoms with Crippen molar-refractivity contribution in [3.05, 3.63) is 23.8 Å². The molecule has 8 atom stereocenters. The summed E-state index contributed by atoms with van der Waals surface area (Å²) in [5.74, 6) is -6.94. The van der Waals surface area contributed by atoms with E-state index in [-0.39, 0.29) is 36.0 Å². The number of allylic oxidation sites excluding steroid dienone is 2. The number of hydrogen-bond acceptors (Lipinski definition) is 9. The minimum absolute atomic E-state index is 0.0658. The average molecular weight is 525 g/mol. The van der Waals surface area contributed by atoms with E-state index < -0.39 is 59.9 Å². The quantitative estimate of drug-likeness (QED) is 0.165. The predicted octanol–water partition coefficient (Wildman–Crippen LogP) is 1.05. The molecule has 1 heterocycles. The Bertz CT molecular complexity index is 987. The maximum absolute atomic E-state index is 12.7. The number of ether oxygens (including phenoxy) is 2. The number of fused-ring (bicyclic) bond motifs is 1. The van der Waals surface area contributed by atoms with E-state index in [1.165, 1.54) is 0 Å². The third-order valence-electron chi connectivity index (χ3n) is 8.81. The van der Waals surface area contributed by atoms with E-state index in [1.807, 2.05) is 6.92 Å². The third kappa shape index (κ3) is 5.44. The summed E-state index contributed by atoms with van der Waals surface area (Å²) < 4.78 is 10.5. The molecule has 0 amide bonds. The molecule has 0 aromatic carbocycles. The number of aliphatic carboxylic acids is 2. The molecule has 0 bridgehead atoms. The zero-order valence-corrected chi connectivity index (χ0v) is 21.1. The molecule has 3 fully saturated rings. The molecule has 11 heteroatoms. The lowest BCUT2D eigenvalue weighted by Gasteiger charge is -2.60. The van der Waals surface area contributed by atoms with Crippen molar-refractivity contribution in [3.63, 3.8) is 0 Å². The Kier molecular flexibility index (Phi) is 8.50. The van der Waals surface area contributed by atoms with Crippen LogP contribution in [0.1, 0.15) is 52.4 Å². The van der Waals surface area contributed by atoms with Gasteiger partial charge in [0.15, 0.2) is 6.10 Å². The fourth-order valence-corrected chi connectivity index (χ4v) is 6.63. The lowest BCUT2D eigenvalue weighted by atomic mass is 9.46. The smallest absolute Gasteiger partial charge is 0.336 e. The molecule has 2 aliphatic carbocycles. The van der Waals surface area contributed by atoms with Gasteiger partial charge in [0, 0.05) is 5.41 Å². The van der Waals surface area contributed by atoms with Crippen LogP contribution >= 0.6 is 0 Å². The van der Waals surface area contributed by atoms with Crippen LogP contribution in [-0.2, 0) is 28.7 Å². The maximum Gasteiger partial charge on any atom is 0.336 e. The molecule has 1 aliphatic heterocycles. The average Bonchev–Trinajstić information content (AvgIpc) is 3.15. The van der Waals surface area contributed by atoms with Gasteiger partial charge in [-0.15, -0.1) is 0 Å². The van der Waals surface area contributed by atoms with Crippen LogP contribution < -0.4 is 0 Å². The van der Waals surface area contributed by atoms with Gasteiger partial charge in [0.2, 0.25) is 0 Å². The monoisotopic (exact) mass is 524 g/mol. The van der Waals surface area contributed by atoms with Crippen LogP contribution in [0.15, 0.2) is 23.8 Å². The van der Waals surface area contributed by atoms with Crippen molar-refractivity contribution >= 4 is 23.9 Å². The SMILES string of the molecule is C=C1CCC2[C@](C)(CO)[C@H](OC(=O)CC(C(=O)O)C(O)C(=O)O)CC[C@@]2(C)[C@@H]1C/C=C1\C(=O)OCC1O. The highest BCUT2D eigenvalue weighted by Gasteiger charge is 2.59. The predicted molar refractivity (Wildman–Crippen MR) is 127 cm³/mol. The second kappa shape index (κ2) is 10.9. The minimum atomic E-state index is -2.26. The number of rotatable bonds is 9. The first-order valence-electron chi connectivity index (χ1n) is 12.4. The number of cyclic esters (lactones) is 1. The highest BCUT2D eigenvalue weighted by atomic mass is 16.6. The Morgan fingerprint density at radius 3 is 2.43 bits per heavy atom. The van der Waals surface area contributed by atoms with Crippen LogP contribution in [0, 0.1) is 28.6 Å². The van der Waals surface area contributed by atoms with Gasteiger partial charge in [-0.2, -0.15) is 0 Å². The molecule has 1 saturated heterocycles. The molecule has 5 N–H and O–H groups in total. The van der Waals surface area contributed by atoms with E-state index in [0.717, 1.165) is 5.57 Å². The topological polar surface area (TPSA) is 188 Å². The molecule has 0 aromatic rings. The molecule has 37 heavy (non-hydrogen) atoms. The van der Waals surface area contributed by atoms with Crippen LogP contribution in [0.3, 0.4) is 0 Å². The fourth-order valence-electron chi connectivity index (χ4n) is 6.63. The molecule has 11 nitrogen and oxygen atoms in total. The second-order valence-electron chi connectivity index (χ2n) is 10.9. The Morgan fingerprint density at radius 1 is 1.22 bits per heavy atom. The van der Waals surface area contributed by atoms with Crippen molar-refractivity contribution in [1.82, 2.24) is 0 Å². The number of carbonyl (C=O) groups excluding carboxylic acids is 2. The summed E-state index contributed by atoms with van der Waals surface area (Å²) in [7, 11) is 0. The van der Waals surface area contributed by atoms with E-state index in [1.54, 1.807) is 6.08 Å². The summed E-state index contributed by atoms with van der Waals surface area (Å²) in [5, 5.41) is 48.5. The van der Waals surface area contributed by atoms with Crippen molar-refractivity contribution in [2.24, 2.45) is 28.6 Å². The van der Waals surface area contributed by atoms with Gasteiger partial charge in [-0.25, -0.2) is 9.59 Å². The van der Waals surface area contributed by atoms with Crippen molar-refractivity contribution in [2.45, 2.75) is 70.7 Å². The minimum Gasteiger partial charge on any atom is -0.481 e. The number of aliphatic hydroxyl groups is 3. The molecular weight excluding hydrogens is 488 g/mol. The van der Waals surface area contributed by atoms with E-state index in [2.05, 4.69) is 13.5 Å². The first-order valence-corrected chi connectivity index (χ1v) is 12.4. The number of carbonyl (C=O) groups is 4. The lowest BCUT2D eigenvalue weighted by Crippen LogP contribution is -2.58. The summed E-state index contributed by atoms with van der Waals surface area (Å²) in [5.41, 5.74) is -0.0321. The van der Waals surface area contributed by atoms with Crippen molar-refractivity contribution in [3.8, 4) is 0 Å². The van der Waals surface area contributed by atoms with Crippen molar-refractivity contribution in [1.29, 1.82) is 0 Å². The Morgan fingerprint density at radius 2 is 1.89 bits per heavy atom. The number of esters is 2. The first kappa shape index (κ1) is 28.8. The summed E-state index contributed by atoms with van der Waals surface area (Å²) >= 11 is 0. The van der Waals surface area contributed by atoms with Gasteiger partial charge in [0.05, 0.1) is 18.6 Å². The maximum atomic E-state index is 12.7. The number of carboxylic acid groups (broad SMARTS) is 2. The molecule has 3 rings (SSSR count). The van der Waals surface area contributed by atoms with E-state index in [9.17, 15) is 39.6 Å². The normalized spacial score (nSPS) is 36.4. The van der Waals surface area contributed by atoms with E-state index in [0.29, 0.717) is 32.1 Å². The zero-order chi connectivity index (χ0) is 27.7. The van der Waals surface area contributed by atoms with Crippen LogP contribution in [0.4, 0.5) is 0 Å². The van der Waals surface area contributed by atoms with Gasteiger partial charge in [0.1, 0.15) is 24.7 Å². The van der Waals surface area contributed by atoms with Crippen LogP contribution in [0.2, 0.25) is 0 Å². The molecule has 2 saturated carbocycles. The highest BCUT2D eigenvalue weighted by Crippen LogP contribution is 2.62. The molecule has 0 radical (unpaired) electrons. The number of hydrogen-bond donors (Lipinski definition) is 5. The van der Waals surface area contributed by atoms with Gasteiger partial charge in [-0.05, 0) is 49.4 Å². The molecule has 3 aliphatic rings. The summed E-state index contributed by atoms with van der Waals surface area (Å²) in [6.07, 6.45) is -0.385. The highest BCUT2D eigenvalue weighted by molar-refractivity contribution is 5.91. The van der Waals surface area contributed by atoms with Crippen molar-refractivity contribution in [2.75, 3.05) is 13.2 Å². The Hall–Kier alpha value is -2.76. The number of carboxylic acids is 2. The van der Waals surface area contributed by atoms with Gasteiger partial charge in [-0.1, -0.05) is 32.1 Å². The first-order chi connectivity index (χ1) is 17.3. The standard InChI is InChI=1S/C26H36O11/c1-13-4-7-18-25(2,16(13)6-5-14-17(28)11-36-24(14)35)9-8-19(26(18,3)12-27)37-20(29)10-15(22(31)32)21(30)23(33)34/h5,15-19,21,27-28,30H,1,4,6-12H2,2-3H3,(H,31,32)(H,33,34)/b14-5-/t15?,16-,17?,18?,19-,21?,25+,26+/m1/s1. The van der Waals surface area contributed by atoms with Gasteiger partial charge < -0.3 is 35.0 Å². The molecule has 0 spiro atoms. The van der Waals surface area contributed by atoms with Gasteiger partial charge in [-0.3, -0.25) is 9.59 Å². The summed E-state index contributed by atoms with van der Waals surface area (Å²) in [6.45, 7) is 7.78. The van der Waals surface area contributed by atoms with E-state index in [4.69, 9.17) is 14.6 Å². The largest absolute Gasteiger partial charge is 0.481 e. The molecular formula is C26H36O11. The molecule has 206 valence electrons. The third-order valence-corrected chi connectivity index (χ3v) is 8.81. The van der Waals surface area contributed by atoms with Crippen molar-refractivity contribution < 1.29 is 54.2 Å².